The van der Waals surface area contributed by atoms with E-state index in [0.717, 1.165) is 67.1 Å². The number of aliphatic hydroxyl groups is 2. The van der Waals surface area contributed by atoms with Gasteiger partial charge in [0.2, 0.25) is 0 Å². The summed E-state index contributed by atoms with van der Waals surface area (Å²) in [5, 5.41) is 22.0. The normalized spacial score (nSPS) is 17.6. The summed E-state index contributed by atoms with van der Waals surface area (Å²) in [4.78, 5) is 0. The molecule has 0 amide bonds. The molecule has 72 heavy (non-hydrogen) atoms. The maximum Gasteiger partial charge on any atom is 0.161 e. The molecular weight excluding hydrogens is 905 g/mol. The molecule has 6 atom stereocenters. The smallest absolute Gasteiger partial charge is 0.161 e. The van der Waals surface area contributed by atoms with Crippen LogP contribution < -0.4 is 18.9 Å². The van der Waals surface area contributed by atoms with Crippen LogP contribution in [0.25, 0.3) is 0 Å². The Labute approximate surface area is 423 Å². The number of aryl methyl sites for hydroxylation is 2. The van der Waals surface area contributed by atoms with Gasteiger partial charge in [0, 0.05) is 57.3 Å². The Kier molecular flexibility index (Phi) is 18.1. The molecule has 2 N–H and O–H groups in total. The summed E-state index contributed by atoms with van der Waals surface area (Å²) in [5.74, 6) is 28.9. The molecule has 10 nitrogen and oxygen atoms in total. The summed E-state index contributed by atoms with van der Waals surface area (Å²) < 4.78 is 46.4. The fraction of sp³-hybridized carbons (Fsp3) is 0.290. The van der Waals surface area contributed by atoms with Crippen LogP contribution >= 0.6 is 0 Å². The third-order valence-corrected chi connectivity index (χ3v) is 11.8. The van der Waals surface area contributed by atoms with Crippen molar-refractivity contribution < 1.29 is 48.1 Å². The summed E-state index contributed by atoms with van der Waals surface area (Å²) in [7, 11) is 0. The lowest BCUT2D eigenvalue weighted by Crippen LogP contribution is -2.46. The molecule has 2 aliphatic rings. The van der Waals surface area contributed by atoms with Gasteiger partial charge >= 0.3 is 0 Å². The van der Waals surface area contributed by atoms with Gasteiger partial charge < -0.3 is 48.1 Å². The number of rotatable bonds is 15. The Hall–Kier alpha value is -7.48. The van der Waals surface area contributed by atoms with E-state index >= 15 is 0 Å². The summed E-state index contributed by atoms with van der Waals surface area (Å²) in [6.07, 6.45) is -4.26. The summed E-state index contributed by atoms with van der Waals surface area (Å²) >= 11 is 0. The van der Waals surface area contributed by atoms with Crippen molar-refractivity contribution in [1.29, 1.82) is 0 Å². The van der Waals surface area contributed by atoms with Crippen LogP contribution in [0.2, 0.25) is 0 Å². The lowest BCUT2D eigenvalue weighted by molar-refractivity contribution is -0.142. The van der Waals surface area contributed by atoms with Crippen molar-refractivity contribution in [3.8, 4) is 70.4 Å². The summed E-state index contributed by atoms with van der Waals surface area (Å²) in [5.41, 5.74) is 9.39. The van der Waals surface area contributed by atoms with E-state index in [1.807, 2.05) is 161 Å². The molecule has 0 aliphatic carbocycles. The average molecular weight is 963 g/mol. The molecule has 366 valence electrons. The first-order valence-corrected chi connectivity index (χ1v) is 24.3. The first-order chi connectivity index (χ1) is 35.2. The fourth-order valence-corrected chi connectivity index (χ4v) is 7.80. The van der Waals surface area contributed by atoms with Crippen LogP contribution in [0.1, 0.15) is 82.3 Å². The molecule has 2 unspecified atom stereocenters. The van der Waals surface area contributed by atoms with Crippen LogP contribution in [-0.4, -0.2) is 86.9 Å². The van der Waals surface area contributed by atoms with Crippen molar-refractivity contribution in [1.82, 2.24) is 0 Å². The van der Waals surface area contributed by atoms with Crippen molar-refractivity contribution in [3.63, 3.8) is 0 Å². The van der Waals surface area contributed by atoms with Crippen LogP contribution in [-0.2, 0) is 18.9 Å². The Morgan fingerprint density at radius 3 is 1.07 bits per heavy atom. The molecule has 2 aliphatic heterocycles. The Morgan fingerprint density at radius 1 is 0.431 bits per heavy atom. The van der Waals surface area contributed by atoms with Crippen LogP contribution in [0.4, 0.5) is 0 Å². The number of aliphatic hydroxyl groups excluding tert-OH is 2. The van der Waals surface area contributed by atoms with Gasteiger partial charge in [-0.15, -0.1) is 0 Å². The molecule has 0 spiro atoms. The van der Waals surface area contributed by atoms with Gasteiger partial charge in [0.05, 0.1) is 39.6 Å². The highest BCUT2D eigenvalue weighted by Crippen LogP contribution is 2.26. The minimum atomic E-state index is -1.24. The molecule has 8 rings (SSSR count). The second kappa shape index (κ2) is 25.6. The van der Waals surface area contributed by atoms with Crippen molar-refractivity contribution in [2.45, 2.75) is 77.5 Å². The van der Waals surface area contributed by atoms with Gasteiger partial charge in [-0.3, -0.25) is 0 Å². The van der Waals surface area contributed by atoms with Gasteiger partial charge in [0.1, 0.15) is 47.4 Å². The number of benzene rings is 6. The molecule has 0 saturated carbocycles. The monoisotopic (exact) mass is 962 g/mol. The van der Waals surface area contributed by atoms with Gasteiger partial charge in [-0.25, -0.2) is 0 Å². The van der Waals surface area contributed by atoms with E-state index in [-0.39, 0.29) is 13.2 Å². The third-order valence-electron chi connectivity index (χ3n) is 11.8. The zero-order chi connectivity index (χ0) is 50.1. The first-order valence-electron chi connectivity index (χ1n) is 24.3. The minimum absolute atomic E-state index is 0.125. The van der Waals surface area contributed by atoms with E-state index in [9.17, 15) is 10.2 Å². The molecular formula is C62H58O10. The standard InChI is InChI=1S/C62H58O10/c1-5-65-53-27-15-45(16-28-53)7-9-49-13-25-51(43(3)39-49)23-11-47-19-31-55(32-20-47)67-37-35-59-69-41-57(71-59)61(63)62(64)58-42-70-60(72-58)36-38-68-56-33-21-48(22-34-56)12-24-52-26-14-50(40-44(52)4)10-8-46-17-29-54(30-18-46)66-6-2/h13-22,25-34,39-40,57-64H,5-6,35-38,41-42H2,1-4H3/t57-,58-,59?,60?,61-,62-/m0/s1. The van der Waals surface area contributed by atoms with Crippen molar-refractivity contribution in [2.75, 3.05) is 39.6 Å². The molecule has 10 heteroatoms. The molecule has 6 aromatic rings. The van der Waals surface area contributed by atoms with Crippen molar-refractivity contribution in [2.24, 2.45) is 0 Å². The van der Waals surface area contributed by atoms with E-state index in [4.69, 9.17) is 37.9 Å². The predicted octanol–water partition coefficient (Wildman–Crippen LogP) is 9.14. The molecule has 6 aromatic carbocycles. The second-order valence-electron chi connectivity index (χ2n) is 17.2. The second-order valence-corrected chi connectivity index (χ2v) is 17.2. The SMILES string of the molecule is CCOc1ccc(C#Cc2ccc(C#Cc3ccc(OCCC4OC[C@@H]([C@H](O)[C@@H](O)[C@@H]5COC(CCOc6ccc(C#Cc7ccc(C#Cc8ccc(OCC)cc8)cc7C)cc6)O5)O4)cc3)c(C)c2)cc1. The Balaban J connectivity index is 0.707. The first kappa shape index (κ1) is 50.9. The number of ether oxygens (including phenoxy) is 8. The zero-order valence-electron chi connectivity index (χ0n) is 41.0. The summed E-state index contributed by atoms with van der Waals surface area (Å²) in [6, 6.07) is 42.7. The van der Waals surface area contributed by atoms with Gasteiger partial charge in [0.15, 0.2) is 12.6 Å². The molecule has 0 bridgehead atoms. The van der Waals surface area contributed by atoms with E-state index < -0.39 is 37.0 Å². The third kappa shape index (κ3) is 14.8. The molecule has 2 heterocycles. The van der Waals surface area contributed by atoms with Gasteiger partial charge in [-0.2, -0.15) is 0 Å². The Morgan fingerprint density at radius 2 is 0.736 bits per heavy atom. The van der Waals surface area contributed by atoms with Crippen LogP contribution in [0.5, 0.6) is 23.0 Å². The van der Waals surface area contributed by atoms with Gasteiger partial charge in [-0.05, 0) is 172 Å². The predicted molar refractivity (Wildman–Crippen MR) is 276 cm³/mol. The van der Waals surface area contributed by atoms with Crippen LogP contribution in [0.15, 0.2) is 133 Å². The van der Waals surface area contributed by atoms with Crippen LogP contribution in [0.3, 0.4) is 0 Å². The van der Waals surface area contributed by atoms with E-state index in [0.29, 0.717) is 50.8 Å². The maximum absolute atomic E-state index is 11.0. The lowest BCUT2D eigenvalue weighted by Gasteiger charge is -2.25. The Bertz CT molecular complexity index is 2790. The zero-order valence-corrected chi connectivity index (χ0v) is 41.0. The fourth-order valence-electron chi connectivity index (χ4n) is 7.80. The number of hydrogen-bond donors (Lipinski definition) is 2. The molecule has 0 radical (unpaired) electrons. The molecule has 0 aromatic heterocycles. The van der Waals surface area contributed by atoms with Crippen LogP contribution in [0, 0.1) is 61.2 Å². The topological polar surface area (TPSA) is 114 Å². The minimum Gasteiger partial charge on any atom is -0.494 e. The summed E-state index contributed by atoms with van der Waals surface area (Å²) in [6.45, 7) is 10.2. The quantitative estimate of drug-likeness (QED) is 0.0967. The lowest BCUT2D eigenvalue weighted by atomic mass is 10.0. The van der Waals surface area contributed by atoms with Gasteiger partial charge in [0.25, 0.3) is 0 Å². The average Bonchev–Trinajstić information content (AvgIpc) is 4.09. The van der Waals surface area contributed by atoms with Crippen molar-refractivity contribution in [3.05, 3.63) is 189 Å². The maximum atomic E-state index is 11.0. The largest absolute Gasteiger partial charge is 0.494 e. The molecule has 2 fully saturated rings. The highest BCUT2D eigenvalue weighted by atomic mass is 16.7. The molecule has 2 saturated heterocycles. The van der Waals surface area contributed by atoms with Gasteiger partial charge in [-0.1, -0.05) is 47.4 Å². The highest BCUT2D eigenvalue weighted by Gasteiger charge is 2.41. The van der Waals surface area contributed by atoms with E-state index in [2.05, 4.69) is 47.4 Å². The van der Waals surface area contributed by atoms with E-state index in [1.54, 1.807) is 0 Å². The van der Waals surface area contributed by atoms with E-state index in [1.165, 1.54) is 0 Å². The number of hydrogen-bond acceptors (Lipinski definition) is 10. The van der Waals surface area contributed by atoms with Crippen molar-refractivity contribution >= 4 is 0 Å². The highest BCUT2D eigenvalue weighted by molar-refractivity contribution is 5.54.